The zero-order valence-electron chi connectivity index (χ0n) is 13.7. The first-order valence-electron chi connectivity index (χ1n) is 7.87. The zero-order chi connectivity index (χ0) is 19.6. The van der Waals surface area contributed by atoms with E-state index in [1.54, 1.807) is 30.3 Å². The topological polar surface area (TPSA) is 46.6 Å². The Balaban J connectivity index is 1.79. The molecule has 27 heavy (non-hydrogen) atoms. The zero-order valence-corrected chi connectivity index (χ0v) is 13.7. The molecule has 1 unspecified atom stereocenters. The normalized spacial score (nSPS) is 17.4. The van der Waals surface area contributed by atoms with Crippen molar-refractivity contribution in [3.63, 3.8) is 0 Å². The molecule has 1 aliphatic heterocycles. The molecule has 0 aromatic heterocycles. The van der Waals surface area contributed by atoms with Gasteiger partial charge in [0.05, 0.1) is 5.56 Å². The van der Waals surface area contributed by atoms with Crippen LogP contribution in [0, 0.1) is 5.82 Å². The molecule has 1 atom stereocenters. The number of halogens is 4. The third-order valence-corrected chi connectivity index (χ3v) is 4.01. The van der Waals surface area contributed by atoms with Crippen LogP contribution in [0.4, 0.5) is 22.4 Å². The third kappa shape index (κ3) is 3.99. The number of amides is 2. The summed E-state index contributed by atoms with van der Waals surface area (Å²) in [5.41, 5.74) is -0.637. The number of cyclic esters (lactones) is 1. The van der Waals surface area contributed by atoms with Gasteiger partial charge in [-0.25, -0.2) is 14.1 Å². The molecule has 8 heteroatoms. The summed E-state index contributed by atoms with van der Waals surface area (Å²) in [6, 6.07) is 10.5. The minimum atomic E-state index is -4.80. The summed E-state index contributed by atoms with van der Waals surface area (Å²) >= 11 is 0. The molecule has 0 spiro atoms. The number of imide groups is 1. The van der Waals surface area contributed by atoms with Gasteiger partial charge in [0.1, 0.15) is 18.5 Å². The van der Waals surface area contributed by atoms with Crippen LogP contribution in [0.3, 0.4) is 0 Å². The van der Waals surface area contributed by atoms with Crippen molar-refractivity contribution < 1.29 is 31.9 Å². The van der Waals surface area contributed by atoms with Crippen LogP contribution in [-0.4, -0.2) is 23.5 Å². The summed E-state index contributed by atoms with van der Waals surface area (Å²) in [7, 11) is 0. The monoisotopic (exact) mass is 379 g/mol. The second-order valence-corrected chi connectivity index (χ2v) is 5.78. The standard InChI is InChI=1S/C19H13F4NO3/c20-15-10-12(6-8-14(15)19(21,22)23)7-9-17(25)24-16(11-27-18(24)26)13-4-2-1-3-5-13/h1-10,16H,11H2. The number of ether oxygens (including phenoxy) is 1. The van der Waals surface area contributed by atoms with Gasteiger partial charge in [-0.2, -0.15) is 13.2 Å². The van der Waals surface area contributed by atoms with Gasteiger partial charge in [0.15, 0.2) is 0 Å². The lowest BCUT2D eigenvalue weighted by molar-refractivity contribution is -0.140. The molecule has 2 amide bonds. The van der Waals surface area contributed by atoms with Crippen molar-refractivity contribution in [2.45, 2.75) is 12.2 Å². The lowest BCUT2D eigenvalue weighted by Gasteiger charge is -2.18. The highest BCUT2D eigenvalue weighted by Crippen LogP contribution is 2.32. The first-order valence-corrected chi connectivity index (χ1v) is 7.87. The second kappa shape index (κ2) is 7.22. The van der Waals surface area contributed by atoms with E-state index in [4.69, 9.17) is 4.74 Å². The molecule has 1 saturated heterocycles. The fourth-order valence-corrected chi connectivity index (χ4v) is 2.70. The smallest absolute Gasteiger partial charge is 0.419 e. The number of hydrogen-bond donors (Lipinski definition) is 0. The maximum atomic E-state index is 13.6. The van der Waals surface area contributed by atoms with Crippen molar-refractivity contribution in [2.24, 2.45) is 0 Å². The Morgan fingerprint density at radius 2 is 1.85 bits per heavy atom. The molecule has 0 aliphatic carbocycles. The molecule has 1 fully saturated rings. The van der Waals surface area contributed by atoms with Gasteiger partial charge in [-0.05, 0) is 29.3 Å². The van der Waals surface area contributed by atoms with E-state index >= 15 is 0 Å². The predicted molar refractivity (Wildman–Crippen MR) is 87.8 cm³/mol. The average Bonchev–Trinajstić information content (AvgIpc) is 3.01. The van der Waals surface area contributed by atoms with Gasteiger partial charge >= 0.3 is 12.3 Å². The fourth-order valence-electron chi connectivity index (χ4n) is 2.70. The Hall–Kier alpha value is -3.16. The van der Waals surface area contributed by atoms with Crippen LogP contribution in [0.5, 0.6) is 0 Å². The van der Waals surface area contributed by atoms with E-state index in [9.17, 15) is 27.2 Å². The van der Waals surface area contributed by atoms with Crippen molar-refractivity contribution in [3.05, 3.63) is 77.1 Å². The van der Waals surface area contributed by atoms with Gasteiger partial charge < -0.3 is 4.74 Å². The highest BCUT2D eigenvalue weighted by atomic mass is 19.4. The predicted octanol–water partition coefficient (Wildman–Crippen LogP) is 4.58. The Labute approximate surface area is 151 Å². The molecule has 3 rings (SSSR count). The van der Waals surface area contributed by atoms with Crippen molar-refractivity contribution in [2.75, 3.05) is 6.61 Å². The van der Waals surface area contributed by atoms with Gasteiger partial charge in [-0.3, -0.25) is 4.79 Å². The number of carbonyl (C=O) groups is 2. The molecule has 2 aromatic carbocycles. The summed E-state index contributed by atoms with van der Waals surface area (Å²) in [6.07, 6.45) is -3.49. The summed E-state index contributed by atoms with van der Waals surface area (Å²) < 4.78 is 56.2. The summed E-state index contributed by atoms with van der Waals surface area (Å²) in [5.74, 6) is -2.16. The minimum absolute atomic E-state index is 0.00264. The SMILES string of the molecule is O=C(C=Cc1ccc(C(F)(F)F)c(F)c1)N1C(=O)OCC1c1ccccc1. The summed E-state index contributed by atoms with van der Waals surface area (Å²) in [5, 5.41) is 0. The lowest BCUT2D eigenvalue weighted by atomic mass is 10.1. The largest absolute Gasteiger partial charge is 0.446 e. The van der Waals surface area contributed by atoms with Crippen molar-refractivity contribution >= 4 is 18.1 Å². The molecule has 140 valence electrons. The first kappa shape index (κ1) is 18.6. The Kier molecular flexibility index (Phi) is 4.98. The molecule has 0 N–H and O–H groups in total. The maximum absolute atomic E-state index is 13.6. The van der Waals surface area contributed by atoms with Gasteiger partial charge in [-0.1, -0.05) is 36.4 Å². The number of rotatable bonds is 3. The molecular formula is C19H13F4NO3. The Morgan fingerprint density at radius 3 is 2.48 bits per heavy atom. The van der Waals surface area contributed by atoms with E-state index < -0.39 is 35.6 Å². The third-order valence-electron chi connectivity index (χ3n) is 4.01. The van der Waals surface area contributed by atoms with Crippen molar-refractivity contribution in [1.82, 2.24) is 4.90 Å². The molecule has 0 radical (unpaired) electrons. The molecule has 1 heterocycles. The fraction of sp³-hybridized carbons (Fsp3) is 0.158. The molecule has 4 nitrogen and oxygen atoms in total. The maximum Gasteiger partial charge on any atom is 0.419 e. The van der Waals surface area contributed by atoms with Crippen LogP contribution in [0.15, 0.2) is 54.6 Å². The van der Waals surface area contributed by atoms with E-state index in [-0.39, 0.29) is 12.2 Å². The second-order valence-electron chi connectivity index (χ2n) is 5.78. The Morgan fingerprint density at radius 1 is 1.15 bits per heavy atom. The van der Waals surface area contributed by atoms with Gasteiger partial charge in [0.2, 0.25) is 0 Å². The van der Waals surface area contributed by atoms with Crippen molar-refractivity contribution in [1.29, 1.82) is 0 Å². The van der Waals surface area contributed by atoms with Crippen LogP contribution in [-0.2, 0) is 15.7 Å². The summed E-state index contributed by atoms with van der Waals surface area (Å²) in [4.78, 5) is 25.2. The van der Waals surface area contributed by atoms with Gasteiger partial charge in [-0.15, -0.1) is 0 Å². The number of carbonyl (C=O) groups excluding carboxylic acids is 2. The number of nitrogens with zero attached hydrogens (tertiary/aromatic N) is 1. The van der Waals surface area contributed by atoms with E-state index in [0.29, 0.717) is 17.7 Å². The van der Waals surface area contributed by atoms with Gasteiger partial charge in [0, 0.05) is 6.08 Å². The van der Waals surface area contributed by atoms with Crippen molar-refractivity contribution in [3.8, 4) is 0 Å². The number of alkyl halides is 3. The average molecular weight is 379 g/mol. The first-order chi connectivity index (χ1) is 12.8. The van der Waals surface area contributed by atoms with E-state index in [0.717, 1.165) is 23.1 Å². The Bertz CT molecular complexity index is 894. The minimum Gasteiger partial charge on any atom is -0.446 e. The quantitative estimate of drug-likeness (QED) is 0.579. The van der Waals surface area contributed by atoms with E-state index in [2.05, 4.69) is 0 Å². The van der Waals surface area contributed by atoms with Crippen LogP contribution in [0.25, 0.3) is 6.08 Å². The number of hydrogen-bond acceptors (Lipinski definition) is 3. The van der Waals surface area contributed by atoms with Gasteiger partial charge in [0.25, 0.3) is 5.91 Å². The summed E-state index contributed by atoms with van der Waals surface area (Å²) in [6.45, 7) is -0.00264. The highest BCUT2D eigenvalue weighted by molar-refractivity contribution is 6.02. The van der Waals surface area contributed by atoms with Crippen LogP contribution < -0.4 is 0 Å². The van der Waals surface area contributed by atoms with Crippen LogP contribution in [0.2, 0.25) is 0 Å². The molecule has 0 saturated carbocycles. The van der Waals surface area contributed by atoms with E-state index in [1.165, 1.54) is 0 Å². The lowest BCUT2D eigenvalue weighted by Crippen LogP contribution is -2.32. The van der Waals surface area contributed by atoms with Crippen LogP contribution >= 0.6 is 0 Å². The highest BCUT2D eigenvalue weighted by Gasteiger charge is 2.38. The molecule has 2 aromatic rings. The number of benzene rings is 2. The van der Waals surface area contributed by atoms with E-state index in [1.807, 2.05) is 0 Å². The van der Waals surface area contributed by atoms with Crippen LogP contribution in [0.1, 0.15) is 22.7 Å². The molecule has 0 bridgehead atoms. The molecule has 1 aliphatic rings. The molecular weight excluding hydrogens is 366 g/mol.